The van der Waals surface area contributed by atoms with E-state index < -0.39 is 23.2 Å². The minimum atomic E-state index is -1.24. The summed E-state index contributed by atoms with van der Waals surface area (Å²) < 4.78 is 7.26. The molecule has 4 atom stereocenters. The van der Waals surface area contributed by atoms with Gasteiger partial charge in [0.15, 0.2) is 5.60 Å². The van der Waals surface area contributed by atoms with Crippen molar-refractivity contribution in [1.29, 1.82) is 0 Å². The van der Waals surface area contributed by atoms with Crippen molar-refractivity contribution in [2.45, 2.75) is 23.2 Å². The summed E-state index contributed by atoms with van der Waals surface area (Å²) in [5, 5.41) is 15.3. The summed E-state index contributed by atoms with van der Waals surface area (Å²) in [5.74, 6) is -0.523. The first-order valence-electron chi connectivity index (χ1n) is 12.2. The Labute approximate surface area is 208 Å². The summed E-state index contributed by atoms with van der Waals surface area (Å²) in [7, 11) is 0. The number of benzene rings is 5. The molecule has 5 aromatic carbocycles. The van der Waals surface area contributed by atoms with Crippen LogP contribution in [0.1, 0.15) is 33.7 Å². The van der Waals surface area contributed by atoms with Crippen molar-refractivity contribution < 1.29 is 9.66 Å². The van der Waals surface area contributed by atoms with Crippen LogP contribution < -0.4 is 0 Å². The lowest BCUT2D eigenvalue weighted by Crippen LogP contribution is -2.47. The number of fused-ring (bicyclic) bond motifs is 6. The maximum Gasteiger partial charge on any atom is 0.260 e. The number of hydrogen-bond donors (Lipinski definition) is 0. The highest BCUT2D eigenvalue weighted by atomic mass is 16.6. The number of nitrogens with zero attached hydrogens (tertiary/aromatic N) is 1. The van der Waals surface area contributed by atoms with E-state index in [1.165, 1.54) is 0 Å². The quantitative estimate of drug-likeness (QED) is 0.215. The molecule has 7 rings (SSSR count). The average Bonchev–Trinajstić information content (AvgIpc) is 3.42. The standard InChI is InChI=1S/C32H23NO3/c34-33(35)30-29(22-12-4-1-5-13-22)31(25-16-6-2-7-17-25)27-20-23-14-10-11-15-24(23)21-28(27)32(30,36-31)26-18-8-3-9-19-26/h1-21,29-30H/t29-,30+,31-,32-/m0/s1. The third-order valence-electron chi connectivity index (χ3n) is 7.97. The van der Waals surface area contributed by atoms with Gasteiger partial charge in [-0.2, -0.15) is 0 Å². The summed E-state index contributed by atoms with van der Waals surface area (Å²) in [6.45, 7) is 0. The fourth-order valence-corrected chi connectivity index (χ4v) is 6.62. The van der Waals surface area contributed by atoms with Crippen molar-refractivity contribution in [1.82, 2.24) is 0 Å². The molecule has 2 heterocycles. The van der Waals surface area contributed by atoms with E-state index in [9.17, 15) is 10.1 Å². The van der Waals surface area contributed by atoms with E-state index in [0.717, 1.165) is 38.6 Å². The molecule has 1 fully saturated rings. The van der Waals surface area contributed by atoms with Crippen LogP contribution in [0, 0.1) is 10.1 Å². The van der Waals surface area contributed by atoms with Crippen molar-refractivity contribution in [2.24, 2.45) is 0 Å². The number of rotatable bonds is 4. The highest BCUT2D eigenvalue weighted by Crippen LogP contribution is 2.69. The third-order valence-corrected chi connectivity index (χ3v) is 7.97. The zero-order chi connectivity index (χ0) is 24.3. The van der Waals surface area contributed by atoms with Gasteiger partial charge in [0.25, 0.3) is 6.04 Å². The Balaban J connectivity index is 1.67. The minimum absolute atomic E-state index is 0.118. The first-order chi connectivity index (χ1) is 17.7. The van der Waals surface area contributed by atoms with Crippen LogP contribution in [0.3, 0.4) is 0 Å². The number of nitro groups is 1. The molecular formula is C32H23NO3. The molecule has 2 aliphatic heterocycles. The molecule has 4 nitrogen and oxygen atoms in total. The van der Waals surface area contributed by atoms with Gasteiger partial charge in [0, 0.05) is 10.5 Å². The molecule has 0 aliphatic carbocycles. The highest BCUT2D eigenvalue weighted by Gasteiger charge is 2.76. The molecule has 0 N–H and O–H groups in total. The van der Waals surface area contributed by atoms with Crippen molar-refractivity contribution >= 4 is 10.8 Å². The molecule has 5 aromatic rings. The van der Waals surface area contributed by atoms with Crippen LogP contribution in [-0.2, 0) is 15.9 Å². The number of ether oxygens (including phenoxy) is 1. The molecule has 4 heteroatoms. The average molecular weight is 470 g/mol. The SMILES string of the molecule is O=[N+]([O-])[C@@H]1[C@H](c2ccccc2)[C@@]2(c3ccccc3)O[C@@]1(c1ccccc1)c1cc3ccccc3cc12. The van der Waals surface area contributed by atoms with E-state index in [1.807, 2.05) is 103 Å². The van der Waals surface area contributed by atoms with Crippen molar-refractivity contribution in [2.75, 3.05) is 0 Å². The van der Waals surface area contributed by atoms with Crippen LogP contribution in [0.5, 0.6) is 0 Å². The minimum Gasteiger partial charge on any atom is -0.341 e. The van der Waals surface area contributed by atoms with E-state index >= 15 is 0 Å². The smallest absolute Gasteiger partial charge is 0.260 e. The largest absolute Gasteiger partial charge is 0.341 e. The van der Waals surface area contributed by atoms with Gasteiger partial charge in [0.1, 0.15) is 5.60 Å². The molecule has 0 saturated carbocycles. The van der Waals surface area contributed by atoms with Crippen molar-refractivity contribution in [3.05, 3.63) is 165 Å². The van der Waals surface area contributed by atoms with Crippen LogP contribution in [0.2, 0.25) is 0 Å². The Hall–Kier alpha value is -4.28. The zero-order valence-electron chi connectivity index (χ0n) is 19.5. The van der Waals surface area contributed by atoms with Gasteiger partial charge >= 0.3 is 0 Å². The predicted molar refractivity (Wildman–Crippen MR) is 139 cm³/mol. The van der Waals surface area contributed by atoms with Crippen LogP contribution >= 0.6 is 0 Å². The molecule has 0 unspecified atom stereocenters. The molecule has 1 saturated heterocycles. The summed E-state index contributed by atoms with van der Waals surface area (Å²) in [6, 6.07) is 41.1. The van der Waals surface area contributed by atoms with Gasteiger partial charge in [-0.25, -0.2) is 0 Å². The lowest BCUT2D eigenvalue weighted by atomic mass is 9.61. The molecule has 2 bridgehead atoms. The predicted octanol–water partition coefficient (Wildman–Crippen LogP) is 6.80. The lowest BCUT2D eigenvalue weighted by Gasteiger charge is -2.37. The van der Waals surface area contributed by atoms with Crippen LogP contribution in [-0.4, -0.2) is 11.0 Å². The second-order valence-electron chi connectivity index (χ2n) is 9.67. The van der Waals surface area contributed by atoms with Crippen LogP contribution in [0.15, 0.2) is 127 Å². The Morgan fingerprint density at radius 1 is 0.611 bits per heavy atom. The first kappa shape index (κ1) is 21.0. The lowest BCUT2D eigenvalue weighted by molar-refractivity contribution is -0.539. The van der Waals surface area contributed by atoms with Gasteiger partial charge < -0.3 is 4.74 Å². The van der Waals surface area contributed by atoms with E-state index in [1.54, 1.807) is 0 Å². The van der Waals surface area contributed by atoms with E-state index in [4.69, 9.17) is 4.74 Å². The first-order valence-corrected chi connectivity index (χ1v) is 12.2. The van der Waals surface area contributed by atoms with E-state index in [0.29, 0.717) is 0 Å². The van der Waals surface area contributed by atoms with Crippen molar-refractivity contribution in [3.63, 3.8) is 0 Å². The maximum atomic E-state index is 13.1. The molecular weight excluding hydrogens is 446 g/mol. The summed E-state index contributed by atoms with van der Waals surface area (Å²) in [5.41, 5.74) is 2.26. The molecule has 174 valence electrons. The molecule has 36 heavy (non-hydrogen) atoms. The van der Waals surface area contributed by atoms with Gasteiger partial charge in [-0.1, -0.05) is 115 Å². The fourth-order valence-electron chi connectivity index (χ4n) is 6.62. The Kier molecular flexibility index (Phi) is 4.45. The van der Waals surface area contributed by atoms with E-state index in [-0.39, 0.29) is 4.92 Å². The second kappa shape index (κ2) is 7.61. The number of hydrogen-bond acceptors (Lipinski definition) is 3. The van der Waals surface area contributed by atoms with Gasteiger partial charge in [0.05, 0.1) is 5.92 Å². The molecule has 0 amide bonds. The van der Waals surface area contributed by atoms with Gasteiger partial charge in [0.2, 0.25) is 0 Å². The Morgan fingerprint density at radius 2 is 1.06 bits per heavy atom. The van der Waals surface area contributed by atoms with Crippen molar-refractivity contribution in [3.8, 4) is 0 Å². The second-order valence-corrected chi connectivity index (χ2v) is 9.67. The Bertz CT molecular complexity index is 1600. The third kappa shape index (κ3) is 2.62. The molecule has 0 spiro atoms. The highest BCUT2D eigenvalue weighted by molar-refractivity contribution is 5.86. The zero-order valence-corrected chi connectivity index (χ0v) is 19.5. The van der Waals surface area contributed by atoms with Gasteiger partial charge in [-0.15, -0.1) is 0 Å². The molecule has 0 radical (unpaired) electrons. The normalized spacial score (nSPS) is 26.1. The summed E-state index contributed by atoms with van der Waals surface area (Å²) in [6.07, 6.45) is 0. The maximum absolute atomic E-state index is 13.1. The Morgan fingerprint density at radius 3 is 1.58 bits per heavy atom. The molecule has 0 aromatic heterocycles. The van der Waals surface area contributed by atoms with Crippen LogP contribution in [0.4, 0.5) is 0 Å². The molecule has 2 aliphatic rings. The summed E-state index contributed by atoms with van der Waals surface area (Å²) in [4.78, 5) is 13.0. The topological polar surface area (TPSA) is 52.4 Å². The van der Waals surface area contributed by atoms with Gasteiger partial charge in [-0.05, 0) is 45.2 Å². The van der Waals surface area contributed by atoms with Gasteiger partial charge in [-0.3, -0.25) is 10.1 Å². The monoisotopic (exact) mass is 469 g/mol. The van der Waals surface area contributed by atoms with E-state index in [2.05, 4.69) is 24.3 Å². The van der Waals surface area contributed by atoms with Crippen LogP contribution in [0.25, 0.3) is 10.8 Å². The summed E-state index contributed by atoms with van der Waals surface area (Å²) >= 11 is 0. The fraction of sp³-hybridized carbons (Fsp3) is 0.125.